The summed E-state index contributed by atoms with van der Waals surface area (Å²) in [6.45, 7) is -0.134. The molecule has 3 rings (SSSR count). The van der Waals surface area contributed by atoms with Crippen LogP contribution in [0.3, 0.4) is 0 Å². The van der Waals surface area contributed by atoms with Gasteiger partial charge < -0.3 is 0 Å². The Morgan fingerprint density at radius 2 is 1.54 bits per heavy atom. The Morgan fingerprint density at radius 3 is 2.04 bits per heavy atom. The van der Waals surface area contributed by atoms with Gasteiger partial charge in [-0.1, -0.05) is 40.2 Å². The maximum Gasteiger partial charge on any atom is 0.267 e. The Balaban J connectivity index is 1.92. The average Bonchev–Trinajstić information content (AvgIpc) is 2.80. The van der Waals surface area contributed by atoms with Crippen molar-refractivity contribution in [2.45, 2.75) is 5.92 Å². The summed E-state index contributed by atoms with van der Waals surface area (Å²) >= 11 is 3.29. The molecule has 0 aliphatic carbocycles. The Labute approximate surface area is 145 Å². The highest BCUT2D eigenvalue weighted by molar-refractivity contribution is 9.10. The van der Waals surface area contributed by atoms with Gasteiger partial charge in [0.15, 0.2) is 0 Å². The second-order valence-corrected chi connectivity index (χ2v) is 6.30. The maximum atomic E-state index is 12.8. The van der Waals surface area contributed by atoms with Crippen molar-refractivity contribution in [3.05, 3.63) is 81.9 Å². The molecule has 0 bridgehead atoms. The van der Waals surface area contributed by atoms with E-state index in [0.29, 0.717) is 16.7 Å². The fourth-order valence-electron chi connectivity index (χ4n) is 2.72. The first kappa shape index (κ1) is 16.5. The van der Waals surface area contributed by atoms with Gasteiger partial charge in [-0.05, 0) is 35.9 Å². The Hall–Kier alpha value is -2.34. The minimum atomic E-state index is -1.85. The van der Waals surface area contributed by atoms with Gasteiger partial charge in [-0.25, -0.2) is 0 Å². The molecule has 0 saturated carbocycles. The number of carbonyl (C=O) groups is 2. The van der Waals surface area contributed by atoms with Crippen LogP contribution in [-0.2, 0) is 0 Å². The largest absolute Gasteiger partial charge is 0.273 e. The molecular weight excluding hydrogens is 380 g/mol. The summed E-state index contributed by atoms with van der Waals surface area (Å²) in [7, 11) is 0. The molecule has 122 valence electrons. The van der Waals surface area contributed by atoms with Gasteiger partial charge in [-0.2, -0.15) is 8.78 Å². The van der Waals surface area contributed by atoms with E-state index in [2.05, 4.69) is 15.9 Å². The van der Waals surface area contributed by atoms with E-state index in [-0.39, 0.29) is 6.54 Å². The van der Waals surface area contributed by atoms with Crippen LogP contribution >= 0.6 is 15.9 Å². The van der Waals surface area contributed by atoms with Gasteiger partial charge in [0.2, 0.25) is 0 Å². The Morgan fingerprint density at radius 1 is 1.00 bits per heavy atom. The molecule has 24 heavy (non-hydrogen) atoms. The topological polar surface area (TPSA) is 37.4 Å². The molecular formula is C18H12BrF2NO2. The van der Waals surface area contributed by atoms with E-state index in [1.165, 1.54) is 0 Å². The molecule has 0 spiro atoms. The first-order valence-electron chi connectivity index (χ1n) is 7.21. The second-order valence-electron chi connectivity index (χ2n) is 5.38. The van der Waals surface area contributed by atoms with Gasteiger partial charge in [-0.15, -0.1) is 0 Å². The van der Waals surface area contributed by atoms with Crippen molar-refractivity contribution in [2.75, 3.05) is 6.54 Å². The maximum absolute atomic E-state index is 12.8. The monoisotopic (exact) mass is 391 g/mol. The normalized spacial score (nSPS) is 14.5. The summed E-state index contributed by atoms with van der Waals surface area (Å²) in [6.07, 6.45) is -1.08. The fraction of sp³-hybridized carbons (Fsp3) is 0.111. The lowest BCUT2D eigenvalue weighted by Gasteiger charge is -2.20. The van der Waals surface area contributed by atoms with E-state index in [4.69, 9.17) is 0 Å². The lowest BCUT2D eigenvalue weighted by atomic mass is 9.98. The first-order valence-corrected chi connectivity index (χ1v) is 8.00. The summed E-state index contributed by atoms with van der Waals surface area (Å²) in [5.41, 5.74) is 1.21. The molecule has 3 nitrogen and oxygen atoms in total. The Kier molecular flexibility index (Phi) is 4.57. The van der Waals surface area contributed by atoms with Gasteiger partial charge >= 0.3 is 0 Å². The van der Waals surface area contributed by atoms with Gasteiger partial charge in [-0.3, -0.25) is 14.5 Å². The highest BCUT2D eigenvalue weighted by Gasteiger charge is 2.36. The number of fused-ring (bicyclic) bond motifs is 1. The van der Waals surface area contributed by atoms with E-state index in [1.807, 2.05) is 0 Å². The number of amides is 2. The summed E-state index contributed by atoms with van der Waals surface area (Å²) in [4.78, 5) is 25.8. The summed E-state index contributed by atoms with van der Waals surface area (Å²) in [5.74, 6) is -1.68. The predicted octanol–water partition coefficient (Wildman–Crippen LogP) is 4.61. The molecule has 2 amide bonds. The quantitative estimate of drug-likeness (QED) is 0.713. The molecule has 0 aromatic heterocycles. The van der Waals surface area contributed by atoms with Crippen LogP contribution in [-0.4, -0.2) is 23.3 Å². The summed E-state index contributed by atoms with van der Waals surface area (Å²) < 4.78 is 26.5. The molecule has 1 atom stereocenters. The van der Waals surface area contributed by atoms with Crippen molar-refractivity contribution in [1.82, 2.24) is 4.90 Å². The van der Waals surface area contributed by atoms with Crippen molar-refractivity contribution in [2.24, 2.45) is 0 Å². The number of imide groups is 1. The standard InChI is InChI=1S/C18H12BrF2NO2/c19-13-7-5-11(6-8-13)12(9-16(20)21)10-22-17(23)14-3-1-2-4-15(14)18(22)24/h1-9,12H,10H2/t12-/m0/s1. The van der Waals surface area contributed by atoms with Crippen molar-refractivity contribution in [3.63, 3.8) is 0 Å². The molecule has 0 fully saturated rings. The first-order chi connectivity index (χ1) is 11.5. The SMILES string of the molecule is O=C1c2ccccc2C(=O)N1C[C@H](C=C(F)F)c1ccc(Br)cc1. The lowest BCUT2D eigenvalue weighted by molar-refractivity contribution is 0.0649. The Bertz CT molecular complexity index is 794. The number of hydrogen-bond acceptors (Lipinski definition) is 2. The van der Waals surface area contributed by atoms with Crippen LogP contribution in [0.25, 0.3) is 0 Å². The third kappa shape index (κ3) is 3.14. The third-order valence-electron chi connectivity index (χ3n) is 3.88. The summed E-state index contributed by atoms with van der Waals surface area (Å²) in [6, 6.07) is 13.3. The number of hydrogen-bond donors (Lipinski definition) is 0. The number of halogens is 3. The molecule has 0 unspecified atom stereocenters. The second kappa shape index (κ2) is 6.65. The third-order valence-corrected chi connectivity index (χ3v) is 4.41. The van der Waals surface area contributed by atoms with E-state index in [0.717, 1.165) is 15.4 Å². The highest BCUT2D eigenvalue weighted by atomic mass is 79.9. The van der Waals surface area contributed by atoms with E-state index >= 15 is 0 Å². The van der Waals surface area contributed by atoms with Gasteiger partial charge in [0.25, 0.3) is 17.9 Å². The van der Waals surface area contributed by atoms with Crippen molar-refractivity contribution < 1.29 is 18.4 Å². The minimum absolute atomic E-state index is 0.134. The zero-order valence-corrected chi connectivity index (χ0v) is 14.0. The zero-order valence-electron chi connectivity index (χ0n) is 12.4. The number of nitrogens with zero attached hydrogens (tertiary/aromatic N) is 1. The molecule has 2 aromatic carbocycles. The molecule has 0 radical (unpaired) electrons. The smallest absolute Gasteiger partial charge is 0.267 e. The lowest BCUT2D eigenvalue weighted by Crippen LogP contribution is -2.33. The van der Waals surface area contributed by atoms with E-state index < -0.39 is 23.8 Å². The van der Waals surface area contributed by atoms with Crippen LogP contribution < -0.4 is 0 Å². The minimum Gasteiger partial charge on any atom is -0.273 e. The molecule has 2 aromatic rings. The zero-order chi connectivity index (χ0) is 17.3. The van der Waals surface area contributed by atoms with Crippen LogP contribution in [0.15, 0.2) is 65.2 Å². The van der Waals surface area contributed by atoms with Crippen LogP contribution in [0, 0.1) is 0 Å². The fourth-order valence-corrected chi connectivity index (χ4v) is 2.98. The van der Waals surface area contributed by atoms with Crippen LogP contribution in [0.2, 0.25) is 0 Å². The van der Waals surface area contributed by atoms with E-state index in [9.17, 15) is 18.4 Å². The number of carbonyl (C=O) groups excluding carboxylic acids is 2. The summed E-state index contributed by atoms with van der Waals surface area (Å²) in [5, 5.41) is 0. The number of rotatable bonds is 4. The molecule has 1 heterocycles. The van der Waals surface area contributed by atoms with Crippen LogP contribution in [0.1, 0.15) is 32.2 Å². The predicted molar refractivity (Wildman–Crippen MR) is 89.0 cm³/mol. The average molecular weight is 392 g/mol. The van der Waals surface area contributed by atoms with Crippen molar-refractivity contribution in [1.29, 1.82) is 0 Å². The highest BCUT2D eigenvalue weighted by Crippen LogP contribution is 2.28. The van der Waals surface area contributed by atoms with Gasteiger partial charge in [0.05, 0.1) is 11.1 Å². The van der Waals surface area contributed by atoms with Gasteiger partial charge in [0, 0.05) is 16.9 Å². The van der Waals surface area contributed by atoms with Crippen molar-refractivity contribution >= 4 is 27.7 Å². The van der Waals surface area contributed by atoms with Crippen molar-refractivity contribution in [3.8, 4) is 0 Å². The van der Waals surface area contributed by atoms with Gasteiger partial charge in [0.1, 0.15) is 0 Å². The number of benzene rings is 2. The molecule has 0 saturated heterocycles. The van der Waals surface area contributed by atoms with E-state index in [1.54, 1.807) is 48.5 Å². The molecule has 0 N–H and O–H groups in total. The molecule has 1 aliphatic heterocycles. The molecule has 1 aliphatic rings. The molecule has 6 heteroatoms. The van der Waals surface area contributed by atoms with Crippen LogP contribution in [0.5, 0.6) is 0 Å². The van der Waals surface area contributed by atoms with Crippen LogP contribution in [0.4, 0.5) is 8.78 Å².